The van der Waals surface area contributed by atoms with Gasteiger partial charge in [0.25, 0.3) is 0 Å². The number of hydrogen-bond donors (Lipinski definition) is 2. The summed E-state index contributed by atoms with van der Waals surface area (Å²) in [5.74, 6) is -0.833. The van der Waals surface area contributed by atoms with Gasteiger partial charge in [-0.2, -0.15) is 0 Å². The number of carboxylic acid groups (broad SMARTS) is 1. The molecule has 4 heteroatoms. The molecule has 4 nitrogen and oxygen atoms in total. The second kappa shape index (κ2) is 11.2. The van der Waals surface area contributed by atoms with Crippen LogP contribution in [0.3, 0.4) is 0 Å². The molecule has 0 atom stereocenters. The molecule has 0 aliphatic heterocycles. The first-order valence-electron chi connectivity index (χ1n) is 11.8. The van der Waals surface area contributed by atoms with E-state index in [0.717, 1.165) is 23.1 Å². The van der Waals surface area contributed by atoms with Crippen molar-refractivity contribution in [3.8, 4) is 0 Å². The van der Waals surface area contributed by atoms with Gasteiger partial charge in [-0.15, -0.1) is 0 Å². The van der Waals surface area contributed by atoms with Crippen LogP contribution in [0, 0.1) is 0 Å². The van der Waals surface area contributed by atoms with Crippen LogP contribution in [0.2, 0.25) is 0 Å². The van der Waals surface area contributed by atoms with Crippen LogP contribution < -0.4 is 5.32 Å². The molecule has 0 aliphatic rings. The number of carbonyl (C=O) groups is 1. The molecule has 2 N–H and O–H groups in total. The lowest BCUT2D eigenvalue weighted by Gasteiger charge is -2.38. The number of ether oxygens (including phenoxy) is 1. The summed E-state index contributed by atoms with van der Waals surface area (Å²) in [6.07, 6.45) is 0.738. The van der Waals surface area contributed by atoms with E-state index in [4.69, 9.17) is 4.74 Å². The minimum Gasteiger partial charge on any atom is -0.479 e. The van der Waals surface area contributed by atoms with Crippen LogP contribution in [-0.2, 0) is 15.1 Å². The third-order valence-electron chi connectivity index (χ3n) is 5.88. The molecule has 4 rings (SSSR count). The van der Waals surface area contributed by atoms with E-state index >= 15 is 0 Å². The summed E-state index contributed by atoms with van der Waals surface area (Å²) in [5, 5.41) is 13.9. The molecule has 0 heterocycles. The molecule has 0 amide bonds. The number of hydrogen-bond acceptors (Lipinski definition) is 3. The van der Waals surface area contributed by atoms with Gasteiger partial charge in [-0.3, -0.25) is 0 Å². The normalized spacial score (nSPS) is 11.9. The highest BCUT2D eigenvalue weighted by molar-refractivity contribution is 6.16. The van der Waals surface area contributed by atoms with Crippen molar-refractivity contribution >= 4 is 11.5 Å². The zero-order chi connectivity index (χ0) is 24.5. The second-order valence-corrected chi connectivity index (χ2v) is 8.20. The van der Waals surface area contributed by atoms with Gasteiger partial charge < -0.3 is 15.2 Å². The molecular formula is C31H29NO3. The van der Waals surface area contributed by atoms with Gasteiger partial charge in [0.2, 0.25) is 5.88 Å². The van der Waals surface area contributed by atoms with Gasteiger partial charge in [0.05, 0.1) is 6.61 Å². The number of carboxylic acids is 1. The number of aliphatic carboxylic acids is 1. The molecule has 4 aromatic carbocycles. The first-order valence-corrected chi connectivity index (χ1v) is 11.8. The average molecular weight is 464 g/mol. The predicted molar refractivity (Wildman–Crippen MR) is 140 cm³/mol. The van der Waals surface area contributed by atoms with Gasteiger partial charge in [-0.25, -0.2) is 4.79 Å². The van der Waals surface area contributed by atoms with E-state index < -0.39 is 11.5 Å². The summed E-state index contributed by atoms with van der Waals surface area (Å²) in [6.45, 7) is 2.37. The number of nitrogens with one attached hydrogen (secondary N) is 1. The molecule has 0 spiro atoms. The van der Waals surface area contributed by atoms with E-state index in [-0.39, 0.29) is 11.5 Å². The lowest BCUT2D eigenvalue weighted by molar-refractivity contribution is -0.130. The summed E-state index contributed by atoms with van der Waals surface area (Å²) in [7, 11) is 0. The Morgan fingerprint density at radius 2 is 1.11 bits per heavy atom. The minimum atomic E-state index is -1.06. The molecule has 0 bridgehead atoms. The highest BCUT2D eigenvalue weighted by Crippen LogP contribution is 2.38. The van der Waals surface area contributed by atoms with Crippen molar-refractivity contribution in [1.82, 2.24) is 5.32 Å². The lowest BCUT2D eigenvalue weighted by atomic mass is 9.77. The predicted octanol–water partition coefficient (Wildman–Crippen LogP) is 6.45. The highest BCUT2D eigenvalue weighted by Gasteiger charge is 2.38. The fourth-order valence-corrected chi connectivity index (χ4v) is 4.28. The lowest BCUT2D eigenvalue weighted by Crippen LogP contribution is -2.45. The van der Waals surface area contributed by atoms with Crippen molar-refractivity contribution in [2.24, 2.45) is 0 Å². The van der Waals surface area contributed by atoms with Crippen molar-refractivity contribution < 1.29 is 14.6 Å². The maximum atomic E-state index is 12.6. The van der Waals surface area contributed by atoms with Crippen LogP contribution in [0.25, 0.3) is 5.57 Å². The first-order chi connectivity index (χ1) is 17.2. The van der Waals surface area contributed by atoms with Gasteiger partial charge in [0.1, 0.15) is 11.1 Å². The van der Waals surface area contributed by atoms with E-state index in [1.165, 1.54) is 0 Å². The standard InChI is InChI=1S/C31H29NO3/c1-2-23-35-29(28(30(33)34)24-15-7-3-8-16-24)32-31(25-17-9-4-10-18-25,26-19-11-5-12-20-26)27-21-13-6-14-22-27/h3-22,32H,2,23H2,1H3,(H,33,34). The van der Waals surface area contributed by atoms with E-state index in [2.05, 4.69) is 5.32 Å². The molecular weight excluding hydrogens is 434 g/mol. The van der Waals surface area contributed by atoms with E-state index in [1.54, 1.807) is 12.1 Å². The van der Waals surface area contributed by atoms with Crippen LogP contribution in [0.15, 0.2) is 127 Å². The molecule has 0 fully saturated rings. The first kappa shape index (κ1) is 23.8. The van der Waals surface area contributed by atoms with Crippen molar-refractivity contribution in [2.75, 3.05) is 6.61 Å². The van der Waals surface area contributed by atoms with E-state index in [0.29, 0.717) is 12.2 Å². The third kappa shape index (κ3) is 5.12. The minimum absolute atomic E-state index is 0.0891. The fourth-order valence-electron chi connectivity index (χ4n) is 4.28. The second-order valence-electron chi connectivity index (χ2n) is 8.20. The number of benzene rings is 4. The quantitative estimate of drug-likeness (QED) is 0.161. The summed E-state index contributed by atoms with van der Waals surface area (Å²) >= 11 is 0. The Hall–Kier alpha value is -4.31. The maximum absolute atomic E-state index is 12.6. The molecule has 0 saturated heterocycles. The fraction of sp³-hybridized carbons (Fsp3) is 0.129. The van der Waals surface area contributed by atoms with Gasteiger partial charge in [0, 0.05) is 0 Å². The Labute approximate surface area is 206 Å². The van der Waals surface area contributed by atoms with Crippen molar-refractivity contribution in [3.05, 3.63) is 149 Å². The topological polar surface area (TPSA) is 58.6 Å². The van der Waals surface area contributed by atoms with Crippen LogP contribution in [0.5, 0.6) is 0 Å². The van der Waals surface area contributed by atoms with E-state index in [1.807, 2.05) is 116 Å². The Morgan fingerprint density at radius 3 is 1.49 bits per heavy atom. The number of rotatable bonds is 10. The molecule has 0 radical (unpaired) electrons. The summed E-state index contributed by atoms with van der Waals surface area (Å²) < 4.78 is 6.18. The summed E-state index contributed by atoms with van der Waals surface area (Å²) in [6, 6.07) is 39.2. The van der Waals surface area contributed by atoms with Crippen LogP contribution in [0.4, 0.5) is 0 Å². The molecule has 0 aliphatic carbocycles. The summed E-state index contributed by atoms with van der Waals surface area (Å²) in [5.41, 5.74) is 2.66. The third-order valence-corrected chi connectivity index (χ3v) is 5.88. The van der Waals surface area contributed by atoms with Gasteiger partial charge >= 0.3 is 5.97 Å². The molecule has 176 valence electrons. The van der Waals surface area contributed by atoms with Gasteiger partial charge in [0.15, 0.2) is 0 Å². The maximum Gasteiger partial charge on any atom is 0.341 e. The highest BCUT2D eigenvalue weighted by atomic mass is 16.5. The largest absolute Gasteiger partial charge is 0.479 e. The molecule has 0 saturated carbocycles. The Kier molecular flexibility index (Phi) is 7.63. The zero-order valence-electron chi connectivity index (χ0n) is 19.7. The molecule has 0 aromatic heterocycles. The van der Waals surface area contributed by atoms with Crippen molar-refractivity contribution in [1.29, 1.82) is 0 Å². The Bertz CT molecular complexity index is 1160. The van der Waals surface area contributed by atoms with Crippen LogP contribution in [0.1, 0.15) is 35.6 Å². The molecule has 4 aromatic rings. The summed E-state index contributed by atoms with van der Waals surface area (Å²) in [4.78, 5) is 12.6. The Morgan fingerprint density at radius 1 is 0.714 bits per heavy atom. The van der Waals surface area contributed by atoms with E-state index in [9.17, 15) is 9.90 Å². The molecule has 0 unspecified atom stereocenters. The van der Waals surface area contributed by atoms with Crippen molar-refractivity contribution in [2.45, 2.75) is 18.9 Å². The average Bonchev–Trinajstić information content (AvgIpc) is 2.92. The Balaban J connectivity index is 2.04. The van der Waals surface area contributed by atoms with Crippen LogP contribution >= 0.6 is 0 Å². The SMILES string of the molecule is CCCOC(NC(c1ccccc1)(c1ccccc1)c1ccccc1)=C(C(=O)O)c1ccccc1. The monoisotopic (exact) mass is 463 g/mol. The molecule has 35 heavy (non-hydrogen) atoms. The van der Waals surface area contributed by atoms with Gasteiger partial charge in [-0.05, 0) is 28.7 Å². The van der Waals surface area contributed by atoms with Crippen LogP contribution in [-0.4, -0.2) is 17.7 Å². The zero-order valence-corrected chi connectivity index (χ0v) is 19.7. The van der Waals surface area contributed by atoms with Crippen molar-refractivity contribution in [3.63, 3.8) is 0 Å². The van der Waals surface area contributed by atoms with Gasteiger partial charge in [-0.1, -0.05) is 128 Å². The smallest absolute Gasteiger partial charge is 0.341 e.